The number of imidazole rings is 1. The lowest BCUT2D eigenvalue weighted by Crippen LogP contribution is -2.36. The predicted molar refractivity (Wildman–Crippen MR) is 65.0 cm³/mol. The smallest absolute Gasteiger partial charge is 0.224 e. The maximum Gasteiger partial charge on any atom is 0.224 e. The third-order valence-electron chi connectivity index (χ3n) is 3.59. The van der Waals surface area contributed by atoms with Crippen LogP contribution in [0.1, 0.15) is 38.1 Å². The molecule has 1 aliphatic rings. The molecule has 0 spiro atoms. The van der Waals surface area contributed by atoms with Crippen molar-refractivity contribution >= 4 is 5.91 Å². The van der Waals surface area contributed by atoms with Gasteiger partial charge >= 0.3 is 0 Å². The van der Waals surface area contributed by atoms with E-state index in [9.17, 15) is 4.79 Å². The third-order valence-corrected chi connectivity index (χ3v) is 3.59. The van der Waals surface area contributed by atoms with Crippen molar-refractivity contribution in [2.45, 2.75) is 32.2 Å². The molecule has 3 unspecified atom stereocenters. The molecule has 0 saturated heterocycles. The maximum absolute atomic E-state index is 12.1. The number of amides is 1. The van der Waals surface area contributed by atoms with Gasteiger partial charge in [-0.2, -0.15) is 0 Å². The number of hydrogen-bond donors (Lipinski definition) is 3. The van der Waals surface area contributed by atoms with Crippen LogP contribution in [0.5, 0.6) is 0 Å². The molecule has 0 aromatic carbocycles. The standard InChI is InChI=1S/C12H20N4O/c1-8(11-14-5-6-15-11)16-12(17)10-4-2-3-9(10)7-13/h5-6,8-10H,2-4,7,13H2,1H3,(H,14,15)(H,16,17). The summed E-state index contributed by atoms with van der Waals surface area (Å²) in [6, 6.07) is -0.0727. The molecule has 1 heterocycles. The van der Waals surface area contributed by atoms with Gasteiger partial charge in [0.25, 0.3) is 0 Å². The fraction of sp³-hybridized carbons (Fsp3) is 0.667. The minimum absolute atomic E-state index is 0.0727. The highest BCUT2D eigenvalue weighted by atomic mass is 16.2. The largest absolute Gasteiger partial charge is 0.347 e. The molecule has 3 atom stereocenters. The van der Waals surface area contributed by atoms with E-state index in [1.807, 2.05) is 6.92 Å². The molecule has 17 heavy (non-hydrogen) atoms. The minimum Gasteiger partial charge on any atom is -0.347 e. The first-order valence-corrected chi connectivity index (χ1v) is 6.22. The number of nitrogens with zero attached hydrogens (tertiary/aromatic N) is 1. The molecule has 0 aliphatic heterocycles. The van der Waals surface area contributed by atoms with E-state index in [1.54, 1.807) is 12.4 Å². The van der Waals surface area contributed by atoms with Crippen LogP contribution in [0.3, 0.4) is 0 Å². The molecule has 0 radical (unpaired) electrons. The van der Waals surface area contributed by atoms with E-state index < -0.39 is 0 Å². The Hall–Kier alpha value is -1.36. The van der Waals surface area contributed by atoms with Crippen molar-refractivity contribution < 1.29 is 4.79 Å². The molecule has 1 aromatic heterocycles. The number of nitrogens with one attached hydrogen (secondary N) is 2. The van der Waals surface area contributed by atoms with Crippen LogP contribution < -0.4 is 11.1 Å². The van der Waals surface area contributed by atoms with Gasteiger partial charge in [-0.05, 0) is 32.2 Å². The predicted octanol–water partition coefficient (Wildman–Crippen LogP) is 0.962. The van der Waals surface area contributed by atoms with Crippen LogP contribution in [0.4, 0.5) is 0 Å². The Bertz CT molecular complexity index is 363. The quantitative estimate of drug-likeness (QED) is 0.728. The van der Waals surface area contributed by atoms with Gasteiger partial charge < -0.3 is 16.0 Å². The van der Waals surface area contributed by atoms with Crippen molar-refractivity contribution in [1.29, 1.82) is 0 Å². The number of carbonyl (C=O) groups is 1. The van der Waals surface area contributed by atoms with E-state index in [1.165, 1.54) is 0 Å². The van der Waals surface area contributed by atoms with Gasteiger partial charge in [0.05, 0.1) is 6.04 Å². The number of aromatic amines is 1. The topological polar surface area (TPSA) is 83.8 Å². The van der Waals surface area contributed by atoms with Gasteiger partial charge in [0.15, 0.2) is 0 Å². The number of aromatic nitrogens is 2. The highest BCUT2D eigenvalue weighted by Crippen LogP contribution is 2.31. The Morgan fingerprint density at radius 3 is 3.18 bits per heavy atom. The van der Waals surface area contributed by atoms with Crippen LogP contribution in [-0.2, 0) is 4.79 Å². The average molecular weight is 236 g/mol. The fourth-order valence-electron chi connectivity index (χ4n) is 2.57. The molecule has 94 valence electrons. The van der Waals surface area contributed by atoms with Crippen molar-refractivity contribution in [1.82, 2.24) is 15.3 Å². The summed E-state index contributed by atoms with van der Waals surface area (Å²) in [6.45, 7) is 2.54. The second-order valence-electron chi connectivity index (χ2n) is 4.74. The molecule has 2 rings (SSSR count). The van der Waals surface area contributed by atoms with Gasteiger partial charge in [-0.3, -0.25) is 4.79 Å². The molecule has 0 bridgehead atoms. The van der Waals surface area contributed by atoms with Crippen LogP contribution in [0.15, 0.2) is 12.4 Å². The third kappa shape index (κ3) is 2.66. The highest BCUT2D eigenvalue weighted by Gasteiger charge is 2.32. The van der Waals surface area contributed by atoms with Gasteiger partial charge in [0, 0.05) is 18.3 Å². The molecule has 1 aliphatic carbocycles. The Kier molecular flexibility index (Phi) is 3.78. The second-order valence-corrected chi connectivity index (χ2v) is 4.74. The summed E-state index contributed by atoms with van der Waals surface area (Å²) in [5.74, 6) is 1.33. The lowest BCUT2D eigenvalue weighted by Gasteiger charge is -2.19. The number of hydrogen-bond acceptors (Lipinski definition) is 3. The number of rotatable bonds is 4. The Labute approximate surface area is 101 Å². The first-order valence-electron chi connectivity index (χ1n) is 6.22. The molecule has 1 fully saturated rings. The summed E-state index contributed by atoms with van der Waals surface area (Å²) < 4.78 is 0. The van der Waals surface area contributed by atoms with Crippen LogP contribution in [-0.4, -0.2) is 22.4 Å². The van der Waals surface area contributed by atoms with Crippen molar-refractivity contribution in [3.63, 3.8) is 0 Å². The van der Waals surface area contributed by atoms with Crippen molar-refractivity contribution in [2.75, 3.05) is 6.54 Å². The molecule has 1 aromatic rings. The monoisotopic (exact) mass is 236 g/mol. The lowest BCUT2D eigenvalue weighted by atomic mass is 9.95. The zero-order valence-electron chi connectivity index (χ0n) is 10.1. The molecule has 4 N–H and O–H groups in total. The summed E-state index contributed by atoms with van der Waals surface area (Å²) in [4.78, 5) is 19.3. The van der Waals surface area contributed by atoms with Gasteiger partial charge in [0.2, 0.25) is 5.91 Å². The van der Waals surface area contributed by atoms with Crippen LogP contribution in [0.2, 0.25) is 0 Å². The fourth-order valence-corrected chi connectivity index (χ4v) is 2.57. The van der Waals surface area contributed by atoms with E-state index in [-0.39, 0.29) is 17.9 Å². The van der Waals surface area contributed by atoms with E-state index in [0.29, 0.717) is 12.5 Å². The van der Waals surface area contributed by atoms with Gasteiger partial charge in [0.1, 0.15) is 5.82 Å². The van der Waals surface area contributed by atoms with E-state index >= 15 is 0 Å². The van der Waals surface area contributed by atoms with Gasteiger partial charge in [-0.15, -0.1) is 0 Å². The van der Waals surface area contributed by atoms with Crippen molar-refractivity contribution in [3.05, 3.63) is 18.2 Å². The molecular formula is C12H20N4O. The van der Waals surface area contributed by atoms with Crippen molar-refractivity contribution in [3.8, 4) is 0 Å². The lowest BCUT2D eigenvalue weighted by molar-refractivity contribution is -0.126. The van der Waals surface area contributed by atoms with E-state index in [0.717, 1.165) is 25.1 Å². The first-order chi connectivity index (χ1) is 8.22. The van der Waals surface area contributed by atoms with E-state index in [4.69, 9.17) is 5.73 Å². The maximum atomic E-state index is 12.1. The SMILES string of the molecule is CC(NC(=O)C1CCCC1CN)c1ncc[nH]1. The summed E-state index contributed by atoms with van der Waals surface area (Å²) in [5.41, 5.74) is 5.69. The Morgan fingerprint density at radius 1 is 1.71 bits per heavy atom. The summed E-state index contributed by atoms with van der Waals surface area (Å²) in [6.07, 6.45) is 6.59. The van der Waals surface area contributed by atoms with Crippen LogP contribution in [0, 0.1) is 11.8 Å². The molecular weight excluding hydrogens is 216 g/mol. The zero-order chi connectivity index (χ0) is 12.3. The first kappa shape index (κ1) is 12.1. The van der Waals surface area contributed by atoms with Crippen LogP contribution >= 0.6 is 0 Å². The number of H-pyrrole nitrogens is 1. The molecule has 1 saturated carbocycles. The summed E-state index contributed by atoms with van der Waals surface area (Å²) in [5, 5.41) is 3.00. The molecule has 5 nitrogen and oxygen atoms in total. The van der Waals surface area contributed by atoms with E-state index in [2.05, 4.69) is 15.3 Å². The van der Waals surface area contributed by atoms with Crippen LogP contribution in [0.25, 0.3) is 0 Å². The Balaban J connectivity index is 1.92. The second kappa shape index (κ2) is 5.31. The highest BCUT2D eigenvalue weighted by molar-refractivity contribution is 5.79. The van der Waals surface area contributed by atoms with Crippen molar-refractivity contribution in [2.24, 2.45) is 17.6 Å². The Morgan fingerprint density at radius 2 is 2.53 bits per heavy atom. The molecule has 1 amide bonds. The normalized spacial score (nSPS) is 25.8. The zero-order valence-corrected chi connectivity index (χ0v) is 10.1. The summed E-state index contributed by atoms with van der Waals surface area (Å²) in [7, 11) is 0. The number of nitrogens with two attached hydrogens (primary N) is 1. The minimum atomic E-state index is -0.0727. The molecule has 5 heteroatoms. The average Bonchev–Trinajstić information content (AvgIpc) is 2.99. The number of carbonyl (C=O) groups excluding carboxylic acids is 1. The van der Waals surface area contributed by atoms with Gasteiger partial charge in [-0.25, -0.2) is 4.98 Å². The summed E-state index contributed by atoms with van der Waals surface area (Å²) >= 11 is 0. The van der Waals surface area contributed by atoms with Gasteiger partial charge in [-0.1, -0.05) is 6.42 Å².